The monoisotopic (exact) mass is 362 g/mol. The van der Waals surface area contributed by atoms with E-state index in [1.165, 1.54) is 5.56 Å². The number of hydrogen-bond donors (Lipinski definition) is 1. The molecule has 0 saturated heterocycles. The van der Waals surface area contributed by atoms with Gasteiger partial charge in [-0.1, -0.05) is 29.8 Å². The maximum absolute atomic E-state index is 5.93. The summed E-state index contributed by atoms with van der Waals surface area (Å²) in [6.07, 6.45) is 0. The molecule has 0 aromatic heterocycles. The Labute approximate surface area is 155 Å². The second-order valence-electron chi connectivity index (χ2n) is 6.11. The lowest BCUT2D eigenvalue weighted by molar-refractivity contribution is 0.269. The van der Waals surface area contributed by atoms with E-state index in [4.69, 9.17) is 21.1 Å². The van der Waals surface area contributed by atoms with Crippen molar-refractivity contribution >= 4 is 11.6 Å². The number of ether oxygens (including phenoxy) is 2. The predicted octanol–water partition coefficient (Wildman–Crippen LogP) is 3.97. The number of nitrogens with one attached hydrogen (secondary N) is 1. The van der Waals surface area contributed by atoms with Gasteiger partial charge < -0.3 is 19.7 Å². The quantitative estimate of drug-likeness (QED) is 0.648. The summed E-state index contributed by atoms with van der Waals surface area (Å²) in [4.78, 5) is 2.16. The highest BCUT2D eigenvalue weighted by atomic mass is 35.5. The maximum atomic E-state index is 5.93. The fourth-order valence-electron chi connectivity index (χ4n) is 2.33. The van der Waals surface area contributed by atoms with Crippen molar-refractivity contribution in [2.45, 2.75) is 20.1 Å². The Hall–Kier alpha value is -1.75. The Morgan fingerprint density at radius 2 is 1.68 bits per heavy atom. The molecule has 0 amide bonds. The standard InChI is InChI=1S/C20H27ClN2O2/c1-4-24-20-13-17(14-22-11-12-23(2)3)7-10-19(20)25-15-16-5-8-18(21)9-6-16/h5-10,13,22H,4,11-12,14-15H2,1-3H3. The Kier molecular flexibility index (Phi) is 8.06. The molecule has 2 aromatic rings. The number of nitrogens with zero attached hydrogens (tertiary/aromatic N) is 1. The molecule has 0 unspecified atom stereocenters. The van der Waals surface area contributed by atoms with Crippen LogP contribution in [0.2, 0.25) is 5.02 Å². The Bertz CT molecular complexity index is 645. The molecule has 2 aromatic carbocycles. The molecule has 0 aliphatic rings. The molecular formula is C20H27ClN2O2. The van der Waals surface area contributed by atoms with Crippen LogP contribution in [0.15, 0.2) is 42.5 Å². The van der Waals surface area contributed by atoms with Crippen LogP contribution in [0.4, 0.5) is 0 Å². The van der Waals surface area contributed by atoms with E-state index in [0.29, 0.717) is 13.2 Å². The van der Waals surface area contributed by atoms with Gasteiger partial charge in [0.25, 0.3) is 0 Å². The molecule has 0 spiro atoms. The summed E-state index contributed by atoms with van der Waals surface area (Å²) in [5.74, 6) is 1.54. The van der Waals surface area contributed by atoms with E-state index in [1.54, 1.807) is 0 Å². The van der Waals surface area contributed by atoms with Crippen LogP contribution in [0.25, 0.3) is 0 Å². The van der Waals surface area contributed by atoms with Crippen LogP contribution in [0, 0.1) is 0 Å². The highest BCUT2D eigenvalue weighted by Gasteiger charge is 2.07. The lowest BCUT2D eigenvalue weighted by Gasteiger charge is -2.14. The van der Waals surface area contributed by atoms with E-state index < -0.39 is 0 Å². The van der Waals surface area contributed by atoms with Gasteiger partial charge in [0.1, 0.15) is 6.61 Å². The van der Waals surface area contributed by atoms with Gasteiger partial charge in [-0.15, -0.1) is 0 Å². The second-order valence-corrected chi connectivity index (χ2v) is 6.55. The summed E-state index contributed by atoms with van der Waals surface area (Å²) in [5, 5.41) is 4.16. The van der Waals surface area contributed by atoms with Crippen LogP contribution in [0.5, 0.6) is 11.5 Å². The van der Waals surface area contributed by atoms with Crippen molar-refractivity contribution < 1.29 is 9.47 Å². The van der Waals surface area contributed by atoms with E-state index in [0.717, 1.165) is 41.7 Å². The third kappa shape index (κ3) is 6.94. The third-order valence-electron chi connectivity index (χ3n) is 3.68. The largest absolute Gasteiger partial charge is 0.490 e. The average Bonchev–Trinajstić information content (AvgIpc) is 2.59. The topological polar surface area (TPSA) is 33.7 Å². The molecule has 0 fully saturated rings. The van der Waals surface area contributed by atoms with Gasteiger partial charge in [0.05, 0.1) is 6.61 Å². The molecule has 0 saturated carbocycles. The molecule has 0 radical (unpaired) electrons. The normalized spacial score (nSPS) is 10.9. The average molecular weight is 363 g/mol. The lowest BCUT2D eigenvalue weighted by atomic mass is 10.2. The fraction of sp³-hybridized carbons (Fsp3) is 0.400. The predicted molar refractivity (Wildman–Crippen MR) is 104 cm³/mol. The first-order valence-electron chi connectivity index (χ1n) is 8.57. The number of halogens is 1. The van der Waals surface area contributed by atoms with Crippen molar-refractivity contribution in [1.82, 2.24) is 10.2 Å². The van der Waals surface area contributed by atoms with Gasteiger partial charge in [0.2, 0.25) is 0 Å². The van der Waals surface area contributed by atoms with Crippen LogP contribution >= 0.6 is 11.6 Å². The summed E-state index contributed by atoms with van der Waals surface area (Å²) in [6, 6.07) is 13.8. The zero-order valence-corrected chi connectivity index (χ0v) is 16.0. The van der Waals surface area contributed by atoms with Crippen molar-refractivity contribution in [2.24, 2.45) is 0 Å². The van der Waals surface area contributed by atoms with E-state index in [9.17, 15) is 0 Å². The van der Waals surface area contributed by atoms with Gasteiger partial charge in [-0.3, -0.25) is 0 Å². The van der Waals surface area contributed by atoms with Gasteiger partial charge in [0, 0.05) is 24.7 Å². The number of hydrogen-bond acceptors (Lipinski definition) is 4. The smallest absolute Gasteiger partial charge is 0.161 e. The van der Waals surface area contributed by atoms with Gasteiger partial charge in [-0.05, 0) is 56.4 Å². The van der Waals surface area contributed by atoms with Crippen molar-refractivity contribution in [2.75, 3.05) is 33.8 Å². The van der Waals surface area contributed by atoms with E-state index in [2.05, 4.69) is 30.4 Å². The summed E-state index contributed by atoms with van der Waals surface area (Å²) in [5.41, 5.74) is 2.25. The molecule has 136 valence electrons. The fourth-order valence-corrected chi connectivity index (χ4v) is 2.45. The van der Waals surface area contributed by atoms with Gasteiger partial charge >= 0.3 is 0 Å². The van der Waals surface area contributed by atoms with Gasteiger partial charge in [-0.25, -0.2) is 0 Å². The lowest BCUT2D eigenvalue weighted by Crippen LogP contribution is -2.26. The highest BCUT2D eigenvalue weighted by molar-refractivity contribution is 6.30. The minimum absolute atomic E-state index is 0.484. The Morgan fingerprint density at radius 1 is 0.960 bits per heavy atom. The van der Waals surface area contributed by atoms with Crippen LogP contribution in [-0.2, 0) is 13.2 Å². The Morgan fingerprint density at radius 3 is 2.36 bits per heavy atom. The van der Waals surface area contributed by atoms with E-state index in [-0.39, 0.29) is 0 Å². The first-order valence-corrected chi connectivity index (χ1v) is 8.94. The van der Waals surface area contributed by atoms with Crippen LogP contribution in [-0.4, -0.2) is 38.7 Å². The second kappa shape index (κ2) is 10.3. The molecule has 0 aliphatic heterocycles. The zero-order valence-electron chi connectivity index (χ0n) is 15.2. The first kappa shape index (κ1) is 19.6. The van der Waals surface area contributed by atoms with Gasteiger partial charge in [-0.2, -0.15) is 0 Å². The van der Waals surface area contributed by atoms with Crippen molar-refractivity contribution in [3.8, 4) is 11.5 Å². The van der Waals surface area contributed by atoms with Crippen molar-refractivity contribution in [3.63, 3.8) is 0 Å². The minimum Gasteiger partial charge on any atom is -0.490 e. The summed E-state index contributed by atoms with van der Waals surface area (Å²) >= 11 is 5.91. The summed E-state index contributed by atoms with van der Waals surface area (Å²) in [6.45, 7) is 5.84. The van der Waals surface area contributed by atoms with Crippen molar-refractivity contribution in [1.29, 1.82) is 0 Å². The molecule has 25 heavy (non-hydrogen) atoms. The third-order valence-corrected chi connectivity index (χ3v) is 3.93. The molecule has 0 bridgehead atoms. The summed E-state index contributed by atoms with van der Waals surface area (Å²) < 4.78 is 11.7. The minimum atomic E-state index is 0.484. The molecule has 0 atom stereocenters. The molecule has 2 rings (SSSR count). The molecule has 4 nitrogen and oxygen atoms in total. The number of rotatable bonds is 10. The van der Waals surface area contributed by atoms with Crippen molar-refractivity contribution in [3.05, 3.63) is 58.6 Å². The maximum Gasteiger partial charge on any atom is 0.161 e. The summed E-state index contributed by atoms with van der Waals surface area (Å²) in [7, 11) is 4.14. The molecule has 5 heteroatoms. The van der Waals surface area contributed by atoms with E-state index in [1.807, 2.05) is 43.3 Å². The number of benzene rings is 2. The molecule has 1 N–H and O–H groups in total. The highest BCUT2D eigenvalue weighted by Crippen LogP contribution is 2.29. The molecular weight excluding hydrogens is 336 g/mol. The molecule has 0 aliphatic carbocycles. The van der Waals surface area contributed by atoms with E-state index >= 15 is 0 Å². The van der Waals surface area contributed by atoms with Crippen LogP contribution in [0.1, 0.15) is 18.1 Å². The van der Waals surface area contributed by atoms with Crippen LogP contribution in [0.3, 0.4) is 0 Å². The van der Waals surface area contributed by atoms with Crippen LogP contribution < -0.4 is 14.8 Å². The molecule has 0 heterocycles. The number of likely N-dealkylation sites (N-methyl/N-ethyl adjacent to an activating group) is 1. The SMILES string of the molecule is CCOc1cc(CNCCN(C)C)ccc1OCc1ccc(Cl)cc1. The first-order chi connectivity index (χ1) is 12.1. The Balaban J connectivity index is 1.96. The van der Waals surface area contributed by atoms with Gasteiger partial charge in [0.15, 0.2) is 11.5 Å². The zero-order chi connectivity index (χ0) is 18.1.